The van der Waals surface area contributed by atoms with Gasteiger partial charge in [0.15, 0.2) is 5.16 Å². The van der Waals surface area contributed by atoms with E-state index in [2.05, 4.69) is 15.3 Å². The quantitative estimate of drug-likeness (QED) is 0.719. The Kier molecular flexibility index (Phi) is 4.54. The van der Waals surface area contributed by atoms with Gasteiger partial charge in [0.1, 0.15) is 11.4 Å². The third-order valence-corrected chi connectivity index (χ3v) is 3.91. The second kappa shape index (κ2) is 6.93. The Morgan fingerprint density at radius 3 is 2.30 bits per heavy atom. The summed E-state index contributed by atoms with van der Waals surface area (Å²) in [4.78, 5) is 21.6. The minimum Gasteiger partial charge on any atom is -0.383 e. The van der Waals surface area contributed by atoms with Gasteiger partial charge in [-0.25, -0.2) is 9.97 Å². The van der Waals surface area contributed by atoms with E-state index in [1.807, 2.05) is 48.5 Å². The molecule has 1 heterocycles. The highest BCUT2D eigenvalue weighted by molar-refractivity contribution is 7.99. The number of nitrogen functional groups attached to an aromatic ring is 1. The number of carbonyl (C=O) groups is 1. The third-order valence-electron chi connectivity index (χ3n) is 3.02. The molecule has 1 amide bonds. The summed E-state index contributed by atoms with van der Waals surface area (Å²) in [5.41, 5.74) is 6.85. The molecule has 0 saturated carbocycles. The van der Waals surface area contributed by atoms with Gasteiger partial charge in [0, 0.05) is 16.8 Å². The topological polar surface area (TPSA) is 80.9 Å². The number of nitrogens with zero attached hydrogens (tertiary/aromatic N) is 2. The van der Waals surface area contributed by atoms with Crippen LogP contribution in [0, 0.1) is 0 Å². The second-order valence-corrected chi connectivity index (χ2v) is 5.73. The maximum Gasteiger partial charge on any atom is 0.260 e. The summed E-state index contributed by atoms with van der Waals surface area (Å²) in [5, 5.41) is 3.27. The number of amides is 1. The van der Waals surface area contributed by atoms with Crippen molar-refractivity contribution in [2.45, 2.75) is 10.1 Å². The highest BCUT2D eigenvalue weighted by Crippen LogP contribution is 2.25. The average Bonchev–Trinajstić information content (AvgIpc) is 2.57. The molecule has 0 aliphatic carbocycles. The summed E-state index contributed by atoms with van der Waals surface area (Å²) in [6.07, 6.45) is 1.45. The van der Waals surface area contributed by atoms with E-state index in [-0.39, 0.29) is 17.3 Å². The van der Waals surface area contributed by atoms with Crippen LogP contribution in [0.1, 0.15) is 10.4 Å². The van der Waals surface area contributed by atoms with Crippen LogP contribution in [0.4, 0.5) is 11.5 Å². The van der Waals surface area contributed by atoms with Crippen LogP contribution < -0.4 is 11.1 Å². The number of nitrogens with one attached hydrogen (secondary N) is 1. The van der Waals surface area contributed by atoms with Crippen molar-refractivity contribution < 1.29 is 4.79 Å². The molecule has 3 N–H and O–H groups in total. The first kappa shape index (κ1) is 15.1. The van der Waals surface area contributed by atoms with Crippen molar-refractivity contribution in [3.63, 3.8) is 0 Å². The summed E-state index contributed by atoms with van der Waals surface area (Å²) in [6.45, 7) is 0. The molecule has 0 aliphatic heterocycles. The normalized spacial score (nSPS) is 10.3. The highest BCUT2D eigenvalue weighted by Gasteiger charge is 2.13. The molecule has 2 aromatic carbocycles. The lowest BCUT2D eigenvalue weighted by Gasteiger charge is -2.07. The first-order valence-corrected chi connectivity index (χ1v) is 7.76. The van der Waals surface area contributed by atoms with E-state index in [1.165, 1.54) is 18.0 Å². The first-order chi connectivity index (χ1) is 11.2. The van der Waals surface area contributed by atoms with Crippen LogP contribution in [0.15, 0.2) is 76.9 Å². The average molecular weight is 322 g/mol. The lowest BCUT2D eigenvalue weighted by molar-refractivity contribution is 0.102. The fourth-order valence-electron chi connectivity index (χ4n) is 1.92. The standard InChI is InChI=1S/C17H14N4OS/c18-15-14(16(22)20-12-7-3-1-4-8-12)11-19-17(21-15)23-13-9-5-2-6-10-13/h1-11H,(H,20,22)(H2,18,19,21). The van der Waals surface area contributed by atoms with Gasteiger partial charge in [0.25, 0.3) is 5.91 Å². The van der Waals surface area contributed by atoms with Gasteiger partial charge >= 0.3 is 0 Å². The smallest absolute Gasteiger partial charge is 0.260 e. The fraction of sp³-hybridized carbons (Fsp3) is 0. The number of carbonyl (C=O) groups excluding carboxylic acids is 1. The van der Waals surface area contributed by atoms with Crippen molar-refractivity contribution in [3.05, 3.63) is 72.4 Å². The SMILES string of the molecule is Nc1nc(Sc2ccccc2)ncc1C(=O)Nc1ccccc1. The first-order valence-electron chi connectivity index (χ1n) is 6.94. The molecule has 5 nitrogen and oxygen atoms in total. The van der Waals surface area contributed by atoms with E-state index in [1.54, 1.807) is 12.1 Å². The van der Waals surface area contributed by atoms with E-state index in [0.29, 0.717) is 10.8 Å². The Morgan fingerprint density at radius 1 is 1.00 bits per heavy atom. The van der Waals surface area contributed by atoms with Crippen LogP contribution in [0.2, 0.25) is 0 Å². The number of hydrogen-bond donors (Lipinski definition) is 2. The van der Waals surface area contributed by atoms with Gasteiger partial charge in [-0.3, -0.25) is 4.79 Å². The second-order valence-electron chi connectivity index (χ2n) is 4.69. The molecule has 0 fully saturated rings. The van der Waals surface area contributed by atoms with Gasteiger partial charge < -0.3 is 11.1 Å². The maximum absolute atomic E-state index is 12.2. The molecule has 0 spiro atoms. The van der Waals surface area contributed by atoms with E-state index >= 15 is 0 Å². The lowest BCUT2D eigenvalue weighted by Crippen LogP contribution is -2.15. The summed E-state index contributed by atoms with van der Waals surface area (Å²) in [6, 6.07) is 18.9. The Labute approximate surface area is 138 Å². The van der Waals surface area contributed by atoms with Gasteiger partial charge in [-0.15, -0.1) is 0 Å². The molecule has 0 bridgehead atoms. The highest BCUT2D eigenvalue weighted by atomic mass is 32.2. The molecule has 0 atom stereocenters. The van der Waals surface area contributed by atoms with Crippen LogP contribution in [0.25, 0.3) is 0 Å². The summed E-state index contributed by atoms with van der Waals surface area (Å²) in [5.74, 6) is -0.170. The molecule has 6 heteroatoms. The number of hydrogen-bond acceptors (Lipinski definition) is 5. The predicted molar refractivity (Wildman–Crippen MR) is 91.4 cm³/mol. The van der Waals surface area contributed by atoms with Crippen molar-refractivity contribution in [2.24, 2.45) is 0 Å². The van der Waals surface area contributed by atoms with E-state index in [0.717, 1.165) is 4.90 Å². The molecule has 3 aromatic rings. The van der Waals surface area contributed by atoms with Gasteiger partial charge in [0.05, 0.1) is 0 Å². The Bertz CT molecular complexity index is 809. The van der Waals surface area contributed by atoms with Crippen LogP contribution in [-0.2, 0) is 0 Å². The van der Waals surface area contributed by atoms with Crippen LogP contribution in [0.3, 0.4) is 0 Å². The Morgan fingerprint density at radius 2 is 1.65 bits per heavy atom. The maximum atomic E-state index is 12.2. The number of para-hydroxylation sites is 1. The zero-order valence-corrected chi connectivity index (χ0v) is 13.0. The molecule has 114 valence electrons. The zero-order valence-electron chi connectivity index (χ0n) is 12.1. The van der Waals surface area contributed by atoms with Crippen molar-refractivity contribution in [1.82, 2.24) is 9.97 Å². The fourth-order valence-corrected chi connectivity index (χ4v) is 2.67. The molecule has 3 rings (SSSR count). The Hall–Kier alpha value is -2.86. The number of anilines is 2. The number of nitrogens with two attached hydrogens (primary N) is 1. The minimum absolute atomic E-state index is 0.159. The van der Waals surface area contributed by atoms with Crippen molar-refractivity contribution in [1.29, 1.82) is 0 Å². The van der Waals surface area contributed by atoms with Crippen LogP contribution in [0.5, 0.6) is 0 Å². The van der Waals surface area contributed by atoms with E-state index in [4.69, 9.17) is 5.73 Å². The van der Waals surface area contributed by atoms with Crippen LogP contribution in [-0.4, -0.2) is 15.9 Å². The van der Waals surface area contributed by atoms with Crippen molar-refractivity contribution in [3.8, 4) is 0 Å². The minimum atomic E-state index is -0.329. The van der Waals surface area contributed by atoms with Crippen LogP contribution >= 0.6 is 11.8 Å². The molecule has 23 heavy (non-hydrogen) atoms. The van der Waals surface area contributed by atoms with Gasteiger partial charge in [-0.1, -0.05) is 36.4 Å². The Balaban J connectivity index is 1.75. The third kappa shape index (κ3) is 3.87. The van der Waals surface area contributed by atoms with Gasteiger partial charge in [0.2, 0.25) is 0 Å². The monoisotopic (exact) mass is 322 g/mol. The lowest BCUT2D eigenvalue weighted by atomic mass is 10.2. The molecule has 1 aromatic heterocycles. The van der Waals surface area contributed by atoms with E-state index < -0.39 is 0 Å². The molecule has 0 aliphatic rings. The molecule has 0 saturated heterocycles. The molecule has 0 unspecified atom stereocenters. The largest absolute Gasteiger partial charge is 0.383 e. The van der Waals surface area contributed by atoms with Gasteiger partial charge in [-0.2, -0.15) is 0 Å². The van der Waals surface area contributed by atoms with Gasteiger partial charge in [-0.05, 0) is 36.0 Å². The summed E-state index contributed by atoms with van der Waals surface area (Å²) >= 11 is 1.39. The zero-order chi connectivity index (χ0) is 16.1. The number of aromatic nitrogens is 2. The molecular formula is C17H14N4OS. The summed E-state index contributed by atoms with van der Waals surface area (Å²) < 4.78 is 0. The summed E-state index contributed by atoms with van der Waals surface area (Å²) in [7, 11) is 0. The van der Waals surface area contributed by atoms with Crippen molar-refractivity contribution >= 4 is 29.2 Å². The van der Waals surface area contributed by atoms with E-state index in [9.17, 15) is 4.79 Å². The van der Waals surface area contributed by atoms with Crippen molar-refractivity contribution in [2.75, 3.05) is 11.1 Å². The number of benzene rings is 2. The molecular weight excluding hydrogens is 308 g/mol. The molecule has 0 radical (unpaired) electrons. The predicted octanol–water partition coefficient (Wildman–Crippen LogP) is 3.46. The number of rotatable bonds is 4.